The Morgan fingerprint density at radius 1 is 1.90 bits per heavy atom. The van der Waals surface area contributed by atoms with Gasteiger partial charge in [0.05, 0.1) is 0 Å². The SMILES string of the molecule is C=CCn1c[c]cc1C#N. The van der Waals surface area contributed by atoms with Gasteiger partial charge in [-0.15, -0.1) is 6.58 Å². The summed E-state index contributed by atoms with van der Waals surface area (Å²) in [6.45, 7) is 4.24. The molecular formula is C8H7N2. The molecule has 0 saturated carbocycles. The van der Waals surface area contributed by atoms with Crippen molar-refractivity contribution in [3.8, 4) is 6.07 Å². The Kier molecular flexibility index (Phi) is 1.91. The minimum absolute atomic E-state index is 0.625. The Morgan fingerprint density at radius 3 is 3.30 bits per heavy atom. The number of hydrogen-bond donors (Lipinski definition) is 0. The molecule has 0 aromatic carbocycles. The molecule has 0 fully saturated rings. The highest BCUT2D eigenvalue weighted by Gasteiger charge is 1.94. The largest absolute Gasteiger partial charge is 0.335 e. The fraction of sp³-hybridized carbons (Fsp3) is 0.125. The second kappa shape index (κ2) is 2.88. The van der Waals surface area contributed by atoms with Gasteiger partial charge in [-0.3, -0.25) is 0 Å². The molecule has 0 aliphatic rings. The standard InChI is InChI=1S/C8H7N2/c1-2-5-10-6-3-4-8(10)7-9/h2,4,6H,1,5H2. The summed E-state index contributed by atoms with van der Waals surface area (Å²) in [6, 6.07) is 6.53. The normalized spacial score (nSPS) is 8.70. The number of aromatic nitrogens is 1. The fourth-order valence-corrected chi connectivity index (χ4v) is 0.745. The maximum Gasteiger partial charge on any atom is 0.121 e. The second-order valence-electron chi connectivity index (χ2n) is 1.88. The van der Waals surface area contributed by atoms with E-state index in [0.29, 0.717) is 12.2 Å². The molecular weight excluding hydrogens is 124 g/mol. The molecule has 0 aliphatic heterocycles. The molecule has 1 aromatic rings. The van der Waals surface area contributed by atoms with Gasteiger partial charge < -0.3 is 4.57 Å². The first-order valence-corrected chi connectivity index (χ1v) is 2.95. The average Bonchev–Trinajstić information content (AvgIpc) is 2.36. The summed E-state index contributed by atoms with van der Waals surface area (Å²) in [5, 5.41) is 8.51. The van der Waals surface area contributed by atoms with Crippen molar-refractivity contribution in [3.05, 3.63) is 36.7 Å². The average molecular weight is 131 g/mol. The second-order valence-corrected chi connectivity index (χ2v) is 1.88. The van der Waals surface area contributed by atoms with E-state index in [0.717, 1.165) is 0 Å². The maximum absolute atomic E-state index is 8.51. The van der Waals surface area contributed by atoms with Crippen LogP contribution in [0.2, 0.25) is 0 Å². The summed E-state index contributed by atoms with van der Waals surface area (Å²) in [4.78, 5) is 0. The lowest BCUT2D eigenvalue weighted by molar-refractivity contribution is 0.817. The minimum atomic E-state index is 0.625. The van der Waals surface area contributed by atoms with Gasteiger partial charge in [-0.1, -0.05) is 6.08 Å². The van der Waals surface area contributed by atoms with E-state index in [2.05, 4.69) is 12.6 Å². The van der Waals surface area contributed by atoms with Gasteiger partial charge in [-0.05, 0) is 6.07 Å². The van der Waals surface area contributed by atoms with Gasteiger partial charge in [0.25, 0.3) is 0 Å². The summed E-state index contributed by atoms with van der Waals surface area (Å²) in [5.74, 6) is 0. The molecule has 49 valence electrons. The van der Waals surface area contributed by atoms with Gasteiger partial charge in [0.15, 0.2) is 0 Å². The zero-order chi connectivity index (χ0) is 7.40. The van der Waals surface area contributed by atoms with Crippen LogP contribution in [-0.4, -0.2) is 4.57 Å². The molecule has 1 rings (SSSR count). The van der Waals surface area contributed by atoms with Crippen LogP contribution in [0.5, 0.6) is 0 Å². The third kappa shape index (κ3) is 1.08. The number of nitrogens with zero attached hydrogens (tertiary/aromatic N) is 2. The fourth-order valence-electron chi connectivity index (χ4n) is 0.745. The number of rotatable bonds is 2. The molecule has 2 nitrogen and oxygen atoms in total. The highest BCUT2D eigenvalue weighted by atomic mass is 14.9. The lowest BCUT2D eigenvalue weighted by Gasteiger charge is -1.96. The Hall–Kier alpha value is -1.49. The predicted octanol–water partition coefficient (Wildman–Crippen LogP) is 1.35. The van der Waals surface area contributed by atoms with Gasteiger partial charge in [0.2, 0.25) is 0 Å². The van der Waals surface area contributed by atoms with E-state index in [1.165, 1.54) is 0 Å². The molecule has 0 bridgehead atoms. The summed E-state index contributed by atoms with van der Waals surface area (Å²) in [7, 11) is 0. The Bertz CT molecular complexity index is 265. The van der Waals surface area contributed by atoms with Crippen molar-refractivity contribution in [2.75, 3.05) is 0 Å². The van der Waals surface area contributed by atoms with E-state index in [1.807, 2.05) is 6.07 Å². The van der Waals surface area contributed by atoms with E-state index in [9.17, 15) is 0 Å². The van der Waals surface area contributed by atoms with Crippen LogP contribution in [0.15, 0.2) is 24.9 Å². The molecule has 0 unspecified atom stereocenters. The Labute approximate surface area is 60.0 Å². The van der Waals surface area contributed by atoms with Crippen LogP contribution >= 0.6 is 0 Å². The summed E-state index contributed by atoms with van der Waals surface area (Å²) in [6.07, 6.45) is 3.48. The molecule has 10 heavy (non-hydrogen) atoms. The van der Waals surface area contributed by atoms with Crippen molar-refractivity contribution in [1.29, 1.82) is 5.26 Å². The molecule has 0 saturated heterocycles. The van der Waals surface area contributed by atoms with Crippen molar-refractivity contribution in [1.82, 2.24) is 4.57 Å². The van der Waals surface area contributed by atoms with Crippen molar-refractivity contribution >= 4 is 0 Å². The topological polar surface area (TPSA) is 28.7 Å². The molecule has 0 spiro atoms. The summed E-state index contributed by atoms with van der Waals surface area (Å²) >= 11 is 0. The van der Waals surface area contributed by atoms with Gasteiger partial charge in [-0.2, -0.15) is 5.26 Å². The van der Waals surface area contributed by atoms with Crippen LogP contribution in [0.25, 0.3) is 0 Å². The first-order chi connectivity index (χ1) is 4.88. The highest BCUT2D eigenvalue weighted by Crippen LogP contribution is 1.98. The molecule has 0 aliphatic carbocycles. The van der Waals surface area contributed by atoms with Crippen molar-refractivity contribution in [2.45, 2.75) is 6.54 Å². The third-order valence-electron chi connectivity index (χ3n) is 1.20. The molecule has 0 atom stereocenters. The highest BCUT2D eigenvalue weighted by molar-refractivity contribution is 5.21. The van der Waals surface area contributed by atoms with Gasteiger partial charge >= 0.3 is 0 Å². The lowest BCUT2D eigenvalue weighted by Crippen LogP contribution is -1.94. The van der Waals surface area contributed by atoms with Crippen molar-refractivity contribution < 1.29 is 0 Å². The van der Waals surface area contributed by atoms with E-state index in [1.54, 1.807) is 22.9 Å². The zero-order valence-corrected chi connectivity index (χ0v) is 5.54. The molecule has 1 radical (unpaired) electrons. The van der Waals surface area contributed by atoms with E-state index in [-0.39, 0.29) is 0 Å². The van der Waals surface area contributed by atoms with Gasteiger partial charge in [0, 0.05) is 18.8 Å². The summed E-state index contributed by atoms with van der Waals surface area (Å²) in [5.41, 5.74) is 0.625. The minimum Gasteiger partial charge on any atom is -0.335 e. The van der Waals surface area contributed by atoms with Gasteiger partial charge in [0.1, 0.15) is 11.8 Å². The van der Waals surface area contributed by atoms with E-state index in [4.69, 9.17) is 5.26 Å². The quantitative estimate of drug-likeness (QED) is 0.557. The summed E-state index contributed by atoms with van der Waals surface area (Å²) < 4.78 is 1.78. The molecule has 0 amide bonds. The first-order valence-electron chi connectivity index (χ1n) is 2.95. The van der Waals surface area contributed by atoms with Crippen LogP contribution in [-0.2, 0) is 6.54 Å². The third-order valence-corrected chi connectivity index (χ3v) is 1.20. The Morgan fingerprint density at radius 2 is 2.70 bits per heavy atom. The van der Waals surface area contributed by atoms with Crippen LogP contribution in [0.3, 0.4) is 0 Å². The van der Waals surface area contributed by atoms with Crippen molar-refractivity contribution in [2.24, 2.45) is 0 Å². The van der Waals surface area contributed by atoms with Crippen LogP contribution in [0, 0.1) is 17.4 Å². The van der Waals surface area contributed by atoms with Crippen molar-refractivity contribution in [3.63, 3.8) is 0 Å². The smallest absolute Gasteiger partial charge is 0.121 e. The van der Waals surface area contributed by atoms with E-state index < -0.39 is 0 Å². The predicted molar refractivity (Wildman–Crippen MR) is 38.2 cm³/mol. The van der Waals surface area contributed by atoms with Crippen LogP contribution in [0.4, 0.5) is 0 Å². The monoisotopic (exact) mass is 131 g/mol. The first kappa shape index (κ1) is 6.63. The number of allylic oxidation sites excluding steroid dienone is 1. The molecule has 1 aromatic heterocycles. The van der Waals surface area contributed by atoms with Gasteiger partial charge in [-0.25, -0.2) is 0 Å². The van der Waals surface area contributed by atoms with Crippen LogP contribution in [0.1, 0.15) is 5.69 Å². The van der Waals surface area contributed by atoms with Crippen LogP contribution < -0.4 is 0 Å². The Balaban J connectivity index is 2.92. The molecule has 2 heteroatoms. The number of nitriles is 1. The molecule has 1 heterocycles. The zero-order valence-electron chi connectivity index (χ0n) is 5.54. The van der Waals surface area contributed by atoms with E-state index >= 15 is 0 Å². The molecule has 0 N–H and O–H groups in total. The maximum atomic E-state index is 8.51. The lowest BCUT2D eigenvalue weighted by atomic mass is 10.4. The number of hydrogen-bond acceptors (Lipinski definition) is 1.